The molecule has 26 heavy (non-hydrogen) atoms. The summed E-state index contributed by atoms with van der Waals surface area (Å²) < 4.78 is 18.6. The van der Waals surface area contributed by atoms with Crippen LogP contribution >= 0.6 is 0 Å². The van der Waals surface area contributed by atoms with Crippen molar-refractivity contribution in [1.29, 1.82) is 0 Å². The minimum absolute atomic E-state index is 0.0893. The molecule has 0 fully saturated rings. The molecule has 0 aliphatic carbocycles. The van der Waals surface area contributed by atoms with Gasteiger partial charge in [0.15, 0.2) is 6.10 Å². The predicted molar refractivity (Wildman–Crippen MR) is 103 cm³/mol. The molecule has 0 saturated carbocycles. The lowest BCUT2D eigenvalue weighted by Crippen LogP contribution is -2.36. The third kappa shape index (κ3) is 6.17. The van der Waals surface area contributed by atoms with Gasteiger partial charge in [0.05, 0.1) is 0 Å². The molecule has 3 nitrogen and oxygen atoms in total. The fraction of sp³-hybridized carbons (Fsp3) is 0.409. The van der Waals surface area contributed by atoms with Crippen molar-refractivity contribution >= 4 is 5.91 Å². The van der Waals surface area contributed by atoms with Gasteiger partial charge >= 0.3 is 0 Å². The maximum absolute atomic E-state index is 12.9. The molecule has 0 aromatic heterocycles. The van der Waals surface area contributed by atoms with Crippen LogP contribution in [0.4, 0.5) is 4.39 Å². The molecule has 0 spiro atoms. The average Bonchev–Trinajstić information content (AvgIpc) is 2.59. The lowest BCUT2D eigenvalue weighted by Gasteiger charge is -2.20. The molecule has 2 rings (SSSR count). The number of carbonyl (C=O) groups excluding carboxylic acids is 1. The van der Waals surface area contributed by atoms with Crippen molar-refractivity contribution in [3.8, 4) is 5.75 Å². The Hall–Kier alpha value is -2.36. The van der Waals surface area contributed by atoms with Crippen LogP contribution in [-0.4, -0.2) is 18.6 Å². The van der Waals surface area contributed by atoms with E-state index in [1.165, 1.54) is 17.7 Å². The first kappa shape index (κ1) is 20.0. The SMILES string of the molecule is C[C@H](Oc1ccc(C(C)(C)C)cc1)C(=O)NCCCc1ccc(F)cc1. The average molecular weight is 357 g/mol. The van der Waals surface area contributed by atoms with E-state index in [1.54, 1.807) is 19.1 Å². The molecule has 0 bridgehead atoms. The monoisotopic (exact) mass is 357 g/mol. The summed E-state index contributed by atoms with van der Waals surface area (Å²) in [6.45, 7) is 8.78. The number of benzene rings is 2. The van der Waals surface area contributed by atoms with Gasteiger partial charge in [-0.15, -0.1) is 0 Å². The van der Waals surface area contributed by atoms with E-state index in [0.717, 1.165) is 18.4 Å². The van der Waals surface area contributed by atoms with Crippen LogP contribution in [0.25, 0.3) is 0 Å². The third-order valence-electron chi connectivity index (χ3n) is 4.26. The molecule has 0 heterocycles. The van der Waals surface area contributed by atoms with Gasteiger partial charge in [-0.05, 0) is 60.6 Å². The Labute approximate surface area is 155 Å². The molecule has 2 aromatic rings. The second-order valence-electron chi connectivity index (χ2n) is 7.56. The number of nitrogens with one attached hydrogen (secondary N) is 1. The van der Waals surface area contributed by atoms with E-state index in [1.807, 2.05) is 24.3 Å². The Morgan fingerprint density at radius 2 is 1.69 bits per heavy atom. The van der Waals surface area contributed by atoms with E-state index in [4.69, 9.17) is 4.74 Å². The van der Waals surface area contributed by atoms with Crippen LogP contribution in [0, 0.1) is 5.82 Å². The van der Waals surface area contributed by atoms with E-state index in [2.05, 4.69) is 26.1 Å². The topological polar surface area (TPSA) is 38.3 Å². The molecule has 0 saturated heterocycles. The Balaban J connectivity index is 1.74. The number of hydrogen-bond acceptors (Lipinski definition) is 2. The second-order valence-corrected chi connectivity index (χ2v) is 7.56. The van der Waals surface area contributed by atoms with Crippen molar-refractivity contribution < 1.29 is 13.9 Å². The Morgan fingerprint density at radius 1 is 1.08 bits per heavy atom. The number of aryl methyl sites for hydroxylation is 1. The summed E-state index contributed by atoms with van der Waals surface area (Å²) in [5.41, 5.74) is 2.37. The van der Waals surface area contributed by atoms with Crippen molar-refractivity contribution in [3.05, 3.63) is 65.5 Å². The molecule has 0 unspecified atom stereocenters. The highest BCUT2D eigenvalue weighted by Gasteiger charge is 2.16. The molecule has 0 aliphatic rings. The van der Waals surface area contributed by atoms with E-state index in [0.29, 0.717) is 12.3 Å². The molecule has 2 aromatic carbocycles. The predicted octanol–water partition coefficient (Wildman–Crippen LogP) is 4.64. The van der Waals surface area contributed by atoms with Gasteiger partial charge in [-0.3, -0.25) is 4.79 Å². The van der Waals surface area contributed by atoms with E-state index < -0.39 is 6.10 Å². The number of carbonyl (C=O) groups is 1. The summed E-state index contributed by atoms with van der Waals surface area (Å²) in [7, 11) is 0. The molecule has 140 valence electrons. The maximum atomic E-state index is 12.9. The van der Waals surface area contributed by atoms with Crippen LogP contribution in [0.5, 0.6) is 5.75 Å². The molecule has 0 aliphatic heterocycles. The summed E-state index contributed by atoms with van der Waals surface area (Å²) in [5, 5.41) is 2.88. The summed E-state index contributed by atoms with van der Waals surface area (Å²) in [5.74, 6) is 0.319. The highest BCUT2D eigenvalue weighted by Crippen LogP contribution is 2.24. The number of hydrogen-bond donors (Lipinski definition) is 1. The van der Waals surface area contributed by atoms with Gasteiger partial charge in [0.25, 0.3) is 5.91 Å². The molecule has 1 amide bonds. The lowest BCUT2D eigenvalue weighted by atomic mass is 9.87. The van der Waals surface area contributed by atoms with Gasteiger partial charge in [-0.1, -0.05) is 45.0 Å². The molecular weight excluding hydrogens is 329 g/mol. The fourth-order valence-electron chi connectivity index (χ4n) is 2.59. The van der Waals surface area contributed by atoms with Gasteiger partial charge in [0.1, 0.15) is 11.6 Å². The number of ether oxygens (including phenoxy) is 1. The summed E-state index contributed by atoms with van der Waals surface area (Å²) >= 11 is 0. The highest BCUT2D eigenvalue weighted by molar-refractivity contribution is 5.80. The number of rotatable bonds is 7. The van der Waals surface area contributed by atoms with Crippen molar-refractivity contribution in [1.82, 2.24) is 5.32 Å². The smallest absolute Gasteiger partial charge is 0.260 e. The van der Waals surface area contributed by atoms with E-state index in [-0.39, 0.29) is 17.1 Å². The summed E-state index contributed by atoms with van der Waals surface area (Å²) in [6, 6.07) is 14.3. The molecular formula is C22H28FNO2. The molecule has 4 heteroatoms. The fourth-order valence-corrected chi connectivity index (χ4v) is 2.59. The summed E-state index contributed by atoms with van der Waals surface area (Å²) in [6.07, 6.45) is 1.04. The van der Waals surface area contributed by atoms with E-state index >= 15 is 0 Å². The van der Waals surface area contributed by atoms with Crippen LogP contribution < -0.4 is 10.1 Å². The minimum atomic E-state index is -0.554. The zero-order valence-electron chi connectivity index (χ0n) is 16.0. The second kappa shape index (κ2) is 8.84. The Kier molecular flexibility index (Phi) is 6.78. The van der Waals surface area contributed by atoms with Crippen LogP contribution in [0.3, 0.4) is 0 Å². The highest BCUT2D eigenvalue weighted by atomic mass is 19.1. The van der Waals surface area contributed by atoms with Crippen LogP contribution in [0.2, 0.25) is 0 Å². The maximum Gasteiger partial charge on any atom is 0.260 e. The first-order chi connectivity index (χ1) is 12.3. The van der Waals surface area contributed by atoms with Crippen LogP contribution in [0.1, 0.15) is 45.2 Å². The van der Waals surface area contributed by atoms with Crippen molar-refractivity contribution in [2.45, 2.75) is 52.1 Å². The zero-order chi connectivity index (χ0) is 19.2. The lowest BCUT2D eigenvalue weighted by molar-refractivity contribution is -0.127. The van der Waals surface area contributed by atoms with Gasteiger partial charge in [0, 0.05) is 6.54 Å². The van der Waals surface area contributed by atoms with Gasteiger partial charge in [-0.2, -0.15) is 0 Å². The summed E-state index contributed by atoms with van der Waals surface area (Å²) in [4.78, 5) is 12.1. The largest absolute Gasteiger partial charge is 0.481 e. The Morgan fingerprint density at radius 3 is 2.27 bits per heavy atom. The Bertz CT molecular complexity index is 702. The normalized spacial score (nSPS) is 12.5. The molecule has 1 N–H and O–H groups in total. The van der Waals surface area contributed by atoms with Gasteiger partial charge in [-0.25, -0.2) is 4.39 Å². The molecule has 0 radical (unpaired) electrons. The van der Waals surface area contributed by atoms with Gasteiger partial charge < -0.3 is 10.1 Å². The minimum Gasteiger partial charge on any atom is -0.481 e. The number of amides is 1. The van der Waals surface area contributed by atoms with Crippen molar-refractivity contribution in [2.75, 3.05) is 6.54 Å². The van der Waals surface area contributed by atoms with Crippen LogP contribution in [0.15, 0.2) is 48.5 Å². The quantitative estimate of drug-likeness (QED) is 0.733. The standard InChI is InChI=1S/C22H28FNO2/c1-16(26-20-13-9-18(10-14-20)22(2,3)4)21(25)24-15-5-6-17-7-11-19(23)12-8-17/h7-14,16H,5-6,15H2,1-4H3,(H,24,25)/t16-/m0/s1. The zero-order valence-corrected chi connectivity index (χ0v) is 16.0. The van der Waals surface area contributed by atoms with Gasteiger partial charge in [0.2, 0.25) is 0 Å². The first-order valence-electron chi connectivity index (χ1n) is 9.05. The first-order valence-corrected chi connectivity index (χ1v) is 9.05. The molecule has 1 atom stereocenters. The van der Waals surface area contributed by atoms with Crippen LogP contribution in [-0.2, 0) is 16.6 Å². The number of halogens is 1. The van der Waals surface area contributed by atoms with Crippen molar-refractivity contribution in [2.24, 2.45) is 0 Å². The third-order valence-corrected chi connectivity index (χ3v) is 4.26. The van der Waals surface area contributed by atoms with E-state index in [9.17, 15) is 9.18 Å². The van der Waals surface area contributed by atoms with Crippen molar-refractivity contribution in [3.63, 3.8) is 0 Å².